The van der Waals surface area contributed by atoms with Gasteiger partial charge in [0.05, 0.1) is 18.3 Å². The Kier molecular flexibility index (Phi) is 3.91. The van der Waals surface area contributed by atoms with Crippen molar-refractivity contribution >= 4 is 35.0 Å². The van der Waals surface area contributed by atoms with Crippen LogP contribution in [0.25, 0.3) is 11.1 Å². The lowest BCUT2D eigenvalue weighted by atomic mass is 10.1. The summed E-state index contributed by atoms with van der Waals surface area (Å²) in [4.78, 5) is 15.7. The maximum atomic E-state index is 12.5. The number of anilines is 1. The van der Waals surface area contributed by atoms with Gasteiger partial charge >= 0.3 is 0 Å². The van der Waals surface area contributed by atoms with Crippen molar-refractivity contribution in [1.29, 1.82) is 0 Å². The quantitative estimate of drug-likeness (QED) is 0.711. The van der Waals surface area contributed by atoms with Gasteiger partial charge in [-0.1, -0.05) is 0 Å². The average molecular weight is 344 g/mol. The van der Waals surface area contributed by atoms with Crippen molar-refractivity contribution in [2.24, 2.45) is 5.92 Å². The van der Waals surface area contributed by atoms with Crippen molar-refractivity contribution in [3.63, 3.8) is 0 Å². The first-order chi connectivity index (χ1) is 11.7. The molecule has 0 bridgehead atoms. The Hall–Kier alpha value is -2.45. The van der Waals surface area contributed by atoms with Crippen molar-refractivity contribution in [1.82, 2.24) is 14.8 Å². The first-order valence-electron chi connectivity index (χ1n) is 7.73. The lowest BCUT2D eigenvalue weighted by Gasteiger charge is -2.12. The number of aromatic nitrogens is 3. The topological polar surface area (TPSA) is 85.1 Å². The molecular weight excluding hydrogens is 328 g/mol. The number of nitrogens with zero attached hydrogens (tertiary/aromatic N) is 2. The van der Waals surface area contributed by atoms with Crippen molar-refractivity contribution in [2.45, 2.75) is 13.0 Å². The fraction of sp³-hybridized carbons (Fsp3) is 0.312. The number of oxazole rings is 1. The first kappa shape index (κ1) is 15.1. The van der Waals surface area contributed by atoms with Crippen molar-refractivity contribution in [2.75, 3.05) is 18.5 Å². The molecule has 0 unspecified atom stereocenters. The second kappa shape index (κ2) is 6.21. The number of rotatable bonds is 4. The molecule has 3 aromatic rings. The highest BCUT2D eigenvalue weighted by Gasteiger charge is 2.18. The SMILES string of the molecule is O=C(Nc1ccnn1C[C@H]1CCOC1)c1ccc2[nH]c(=S)oc2c1. The summed E-state index contributed by atoms with van der Waals surface area (Å²) < 4.78 is 12.5. The minimum atomic E-state index is -0.219. The average Bonchev–Trinajstić information content (AvgIpc) is 3.28. The van der Waals surface area contributed by atoms with Crippen LogP contribution in [0.3, 0.4) is 0 Å². The van der Waals surface area contributed by atoms with E-state index in [9.17, 15) is 4.79 Å². The highest BCUT2D eigenvalue weighted by molar-refractivity contribution is 7.71. The van der Waals surface area contributed by atoms with Gasteiger partial charge in [-0.3, -0.25) is 4.79 Å². The van der Waals surface area contributed by atoms with Gasteiger partial charge < -0.3 is 19.5 Å². The summed E-state index contributed by atoms with van der Waals surface area (Å²) in [5, 5.41) is 7.18. The number of aromatic amines is 1. The largest absolute Gasteiger partial charge is 0.429 e. The van der Waals surface area contributed by atoms with E-state index in [2.05, 4.69) is 15.4 Å². The maximum absolute atomic E-state index is 12.5. The Morgan fingerprint density at radius 2 is 2.38 bits per heavy atom. The molecular formula is C16H16N4O3S. The molecule has 0 radical (unpaired) electrons. The fourth-order valence-electron chi connectivity index (χ4n) is 2.83. The number of nitrogens with one attached hydrogen (secondary N) is 2. The molecule has 2 aromatic heterocycles. The van der Waals surface area contributed by atoms with E-state index in [4.69, 9.17) is 21.4 Å². The summed E-state index contributed by atoms with van der Waals surface area (Å²) in [7, 11) is 0. The Morgan fingerprint density at radius 1 is 1.46 bits per heavy atom. The Morgan fingerprint density at radius 3 is 3.21 bits per heavy atom. The minimum Gasteiger partial charge on any atom is -0.429 e. The molecule has 24 heavy (non-hydrogen) atoms. The molecule has 7 nitrogen and oxygen atoms in total. The third-order valence-corrected chi connectivity index (χ3v) is 4.28. The molecule has 124 valence electrons. The minimum absolute atomic E-state index is 0.219. The summed E-state index contributed by atoms with van der Waals surface area (Å²) >= 11 is 4.96. The molecule has 3 heterocycles. The molecule has 1 amide bonds. The van der Waals surface area contributed by atoms with Gasteiger partial charge in [0.15, 0.2) is 5.58 Å². The van der Waals surface area contributed by atoms with Crippen molar-refractivity contribution < 1.29 is 13.9 Å². The summed E-state index contributed by atoms with van der Waals surface area (Å²) in [6.45, 7) is 2.26. The zero-order valence-electron chi connectivity index (χ0n) is 12.8. The lowest BCUT2D eigenvalue weighted by Crippen LogP contribution is -2.18. The Balaban J connectivity index is 1.52. The fourth-order valence-corrected chi connectivity index (χ4v) is 3.03. The predicted octanol–water partition coefficient (Wildman–Crippen LogP) is 2.98. The molecule has 1 aromatic carbocycles. The number of carbonyl (C=O) groups excluding carboxylic acids is 1. The van der Waals surface area contributed by atoms with Crippen molar-refractivity contribution in [3.05, 3.63) is 40.9 Å². The van der Waals surface area contributed by atoms with Gasteiger partial charge in [-0.15, -0.1) is 0 Å². The van der Waals surface area contributed by atoms with Gasteiger partial charge in [-0.2, -0.15) is 5.10 Å². The van der Waals surface area contributed by atoms with E-state index in [1.165, 1.54) is 0 Å². The van der Waals surface area contributed by atoms with Crippen LogP contribution in [-0.4, -0.2) is 33.9 Å². The molecule has 1 atom stereocenters. The molecule has 1 saturated heterocycles. The third kappa shape index (κ3) is 2.98. The zero-order valence-corrected chi connectivity index (χ0v) is 13.6. The first-order valence-corrected chi connectivity index (χ1v) is 8.13. The van der Waals surface area contributed by atoms with Crippen LogP contribution < -0.4 is 5.32 Å². The number of H-pyrrole nitrogens is 1. The van der Waals surface area contributed by atoms with E-state index in [-0.39, 0.29) is 5.91 Å². The van der Waals surface area contributed by atoms with Crippen LogP contribution in [0.5, 0.6) is 0 Å². The maximum Gasteiger partial charge on any atom is 0.266 e. The molecule has 1 aliphatic heterocycles. The van der Waals surface area contributed by atoms with Gasteiger partial charge in [-0.05, 0) is 36.8 Å². The summed E-state index contributed by atoms with van der Waals surface area (Å²) in [5.74, 6) is 0.881. The molecule has 0 aliphatic carbocycles. The van der Waals surface area contributed by atoms with E-state index in [1.807, 2.05) is 0 Å². The van der Waals surface area contributed by atoms with Crippen LogP contribution in [0.4, 0.5) is 5.82 Å². The summed E-state index contributed by atoms with van der Waals surface area (Å²) in [6.07, 6.45) is 2.70. The monoisotopic (exact) mass is 344 g/mol. The highest BCUT2D eigenvalue weighted by atomic mass is 32.1. The van der Waals surface area contributed by atoms with Crippen LogP contribution in [0, 0.1) is 10.8 Å². The highest BCUT2D eigenvalue weighted by Crippen LogP contribution is 2.19. The van der Waals surface area contributed by atoms with Crippen molar-refractivity contribution in [3.8, 4) is 0 Å². The van der Waals surface area contributed by atoms with Gasteiger partial charge in [0.2, 0.25) is 0 Å². The number of hydrogen-bond donors (Lipinski definition) is 2. The van der Waals surface area contributed by atoms with E-state index < -0.39 is 0 Å². The molecule has 1 aliphatic rings. The molecule has 1 fully saturated rings. The van der Waals surface area contributed by atoms with E-state index >= 15 is 0 Å². The number of ether oxygens (including phenoxy) is 1. The number of carbonyl (C=O) groups is 1. The molecule has 0 saturated carbocycles. The van der Waals surface area contributed by atoms with Crippen LogP contribution in [-0.2, 0) is 11.3 Å². The van der Waals surface area contributed by atoms with Crippen LogP contribution >= 0.6 is 12.2 Å². The third-order valence-electron chi connectivity index (χ3n) is 4.10. The standard InChI is InChI=1S/C16H16N4O3S/c21-15(11-1-2-12-13(7-11)23-16(24)18-12)19-14-3-5-17-20(14)8-10-4-6-22-9-10/h1-3,5,7,10H,4,6,8-9H2,(H,18,24)(H,19,21)/t10-/m1/s1. The number of hydrogen-bond acceptors (Lipinski definition) is 5. The Bertz CT molecular complexity index is 936. The smallest absolute Gasteiger partial charge is 0.266 e. The van der Waals surface area contributed by atoms with E-state index in [0.29, 0.717) is 27.7 Å². The van der Waals surface area contributed by atoms with Crippen LogP contribution in [0.1, 0.15) is 16.8 Å². The van der Waals surface area contributed by atoms with Gasteiger partial charge in [-0.25, -0.2) is 4.68 Å². The number of benzene rings is 1. The lowest BCUT2D eigenvalue weighted by molar-refractivity contribution is 0.102. The van der Waals surface area contributed by atoms with E-state index in [0.717, 1.165) is 31.7 Å². The van der Waals surface area contributed by atoms with Gasteiger partial charge in [0.25, 0.3) is 10.7 Å². The Labute approximate surface area is 142 Å². The van der Waals surface area contributed by atoms with Crippen LogP contribution in [0.15, 0.2) is 34.9 Å². The van der Waals surface area contributed by atoms with E-state index in [1.54, 1.807) is 35.1 Å². The molecule has 4 rings (SSSR count). The van der Waals surface area contributed by atoms with Crippen LogP contribution in [0.2, 0.25) is 0 Å². The second-order valence-electron chi connectivity index (χ2n) is 5.81. The molecule has 2 N–H and O–H groups in total. The second-order valence-corrected chi connectivity index (χ2v) is 6.18. The molecule has 8 heteroatoms. The normalized spacial score (nSPS) is 17.4. The summed E-state index contributed by atoms with van der Waals surface area (Å²) in [5.41, 5.74) is 1.82. The zero-order chi connectivity index (χ0) is 16.5. The predicted molar refractivity (Wildman–Crippen MR) is 90.5 cm³/mol. The molecule has 0 spiro atoms. The summed E-state index contributed by atoms with van der Waals surface area (Å²) in [6, 6.07) is 6.96. The number of amides is 1. The van der Waals surface area contributed by atoms with Gasteiger partial charge in [0, 0.05) is 30.7 Å². The van der Waals surface area contributed by atoms with Gasteiger partial charge in [0.1, 0.15) is 5.82 Å². The number of fused-ring (bicyclic) bond motifs is 1.